The summed E-state index contributed by atoms with van der Waals surface area (Å²) < 4.78 is 13.4. The van der Waals surface area contributed by atoms with Gasteiger partial charge in [-0.25, -0.2) is 4.98 Å². The van der Waals surface area contributed by atoms with E-state index in [1.807, 2.05) is 12.1 Å². The van der Waals surface area contributed by atoms with Gasteiger partial charge in [0.05, 0.1) is 17.6 Å². The third-order valence-electron chi connectivity index (χ3n) is 7.87. The molecule has 5 aromatic rings. The van der Waals surface area contributed by atoms with Crippen LogP contribution in [0.4, 0.5) is 0 Å². The first kappa shape index (κ1) is 24.5. The number of para-hydroxylation sites is 2. The Morgan fingerprint density at radius 1 is 0.718 bits per heavy atom. The van der Waals surface area contributed by atoms with Gasteiger partial charge in [0.15, 0.2) is 11.5 Å². The third kappa shape index (κ3) is 5.08. The highest BCUT2D eigenvalue weighted by Gasteiger charge is 2.21. The minimum Gasteiger partial charge on any atom is -0.454 e. The van der Waals surface area contributed by atoms with E-state index in [0.29, 0.717) is 0 Å². The molecule has 0 aliphatic carbocycles. The third-order valence-corrected chi connectivity index (χ3v) is 8.22. The second-order valence-corrected chi connectivity index (χ2v) is 10.9. The van der Waals surface area contributed by atoms with E-state index in [1.165, 1.54) is 21.9 Å². The highest BCUT2D eigenvalue weighted by Crippen LogP contribution is 2.37. The van der Waals surface area contributed by atoms with Crippen molar-refractivity contribution in [3.8, 4) is 11.5 Å². The zero-order valence-electron chi connectivity index (χ0n) is 21.9. The van der Waals surface area contributed by atoms with Crippen molar-refractivity contribution in [1.82, 2.24) is 19.4 Å². The lowest BCUT2D eigenvalue weighted by molar-refractivity contribution is 0.174. The van der Waals surface area contributed by atoms with Gasteiger partial charge in [-0.3, -0.25) is 9.80 Å². The van der Waals surface area contributed by atoms with E-state index >= 15 is 0 Å². The first-order valence-corrected chi connectivity index (χ1v) is 14.0. The van der Waals surface area contributed by atoms with E-state index in [4.69, 9.17) is 26.1 Å². The average Bonchev–Trinajstić information content (AvgIpc) is 3.47. The standard InChI is InChI=1S/C32H31ClN4O2/c33-27-18-31-30(38-22-39-31)17-26(27)20-35-12-5-13-36(15-14-35)21-32-34-28-8-3-4-9-29(28)37(32)19-23-10-11-24-6-1-2-7-25(24)16-23/h1-4,6-11,16-18H,5,12-15,19-22H2. The maximum Gasteiger partial charge on any atom is 0.231 e. The fourth-order valence-electron chi connectivity index (χ4n) is 5.80. The number of hydrogen-bond donors (Lipinski definition) is 0. The van der Waals surface area contributed by atoms with Crippen molar-refractivity contribution in [3.63, 3.8) is 0 Å². The normalized spacial score (nSPS) is 16.2. The van der Waals surface area contributed by atoms with Crippen molar-refractivity contribution in [1.29, 1.82) is 0 Å². The van der Waals surface area contributed by atoms with E-state index in [-0.39, 0.29) is 6.79 Å². The largest absolute Gasteiger partial charge is 0.454 e. The second kappa shape index (κ2) is 10.5. The van der Waals surface area contributed by atoms with Crippen LogP contribution >= 0.6 is 11.6 Å². The van der Waals surface area contributed by atoms with Crippen LogP contribution in [0.15, 0.2) is 78.9 Å². The molecule has 7 heteroatoms. The van der Waals surface area contributed by atoms with Crippen molar-refractivity contribution >= 4 is 33.4 Å². The Balaban J connectivity index is 1.08. The maximum absolute atomic E-state index is 6.57. The number of imidazole rings is 1. The molecule has 39 heavy (non-hydrogen) atoms. The summed E-state index contributed by atoms with van der Waals surface area (Å²) in [4.78, 5) is 10.1. The summed E-state index contributed by atoms with van der Waals surface area (Å²) in [5.41, 5.74) is 4.63. The fourth-order valence-corrected chi connectivity index (χ4v) is 6.02. The number of fused-ring (bicyclic) bond motifs is 3. The summed E-state index contributed by atoms with van der Waals surface area (Å²) in [6.07, 6.45) is 1.10. The molecule has 2 aliphatic rings. The molecule has 3 heterocycles. The summed E-state index contributed by atoms with van der Waals surface area (Å²) in [5, 5.41) is 3.28. The monoisotopic (exact) mass is 538 g/mol. The molecule has 0 spiro atoms. The number of hydrogen-bond acceptors (Lipinski definition) is 5. The van der Waals surface area contributed by atoms with Gasteiger partial charge in [0.25, 0.3) is 0 Å². The topological polar surface area (TPSA) is 42.8 Å². The zero-order valence-corrected chi connectivity index (χ0v) is 22.6. The molecule has 198 valence electrons. The van der Waals surface area contributed by atoms with Gasteiger partial charge in [-0.2, -0.15) is 0 Å². The minimum absolute atomic E-state index is 0.263. The van der Waals surface area contributed by atoms with Gasteiger partial charge in [-0.1, -0.05) is 60.1 Å². The lowest BCUT2D eigenvalue weighted by atomic mass is 10.1. The number of benzene rings is 4. The lowest BCUT2D eigenvalue weighted by Gasteiger charge is -2.22. The fraction of sp³-hybridized carbons (Fsp3) is 0.281. The Morgan fingerprint density at radius 2 is 1.46 bits per heavy atom. The molecule has 0 saturated carbocycles. The first-order chi connectivity index (χ1) is 19.2. The molecule has 0 bridgehead atoms. The lowest BCUT2D eigenvalue weighted by Crippen LogP contribution is -2.31. The van der Waals surface area contributed by atoms with Crippen LogP contribution in [0.3, 0.4) is 0 Å². The summed E-state index contributed by atoms with van der Waals surface area (Å²) in [5.74, 6) is 2.64. The number of halogens is 1. The highest BCUT2D eigenvalue weighted by molar-refractivity contribution is 6.31. The van der Waals surface area contributed by atoms with Crippen LogP contribution < -0.4 is 9.47 Å². The van der Waals surface area contributed by atoms with Gasteiger partial charge in [0.2, 0.25) is 6.79 Å². The molecule has 0 N–H and O–H groups in total. The number of nitrogens with zero attached hydrogens (tertiary/aromatic N) is 4. The molecule has 6 nitrogen and oxygen atoms in total. The van der Waals surface area contributed by atoms with Gasteiger partial charge in [0, 0.05) is 37.3 Å². The molecule has 0 atom stereocenters. The van der Waals surface area contributed by atoms with Crippen LogP contribution in [-0.2, 0) is 19.6 Å². The van der Waals surface area contributed by atoms with Gasteiger partial charge in [0.1, 0.15) is 5.82 Å². The first-order valence-electron chi connectivity index (χ1n) is 13.6. The van der Waals surface area contributed by atoms with E-state index in [2.05, 4.69) is 81.1 Å². The Morgan fingerprint density at radius 3 is 2.33 bits per heavy atom. The number of aromatic nitrogens is 2. The molecule has 0 unspecified atom stereocenters. The molecular weight excluding hydrogens is 508 g/mol. The predicted molar refractivity (Wildman–Crippen MR) is 156 cm³/mol. The molecule has 0 radical (unpaired) electrons. The van der Waals surface area contributed by atoms with Crippen molar-refractivity contribution in [2.75, 3.05) is 33.0 Å². The van der Waals surface area contributed by atoms with Gasteiger partial charge in [-0.15, -0.1) is 0 Å². The minimum atomic E-state index is 0.263. The highest BCUT2D eigenvalue weighted by atomic mass is 35.5. The summed E-state index contributed by atoms with van der Waals surface area (Å²) >= 11 is 6.57. The van der Waals surface area contributed by atoms with Crippen LogP contribution in [0.25, 0.3) is 21.8 Å². The SMILES string of the molecule is Clc1cc2c(cc1CN1CCCN(Cc3nc4ccccc4n3Cc3ccc4ccccc4c3)CC1)OCO2. The van der Waals surface area contributed by atoms with Crippen LogP contribution in [0, 0.1) is 0 Å². The summed E-state index contributed by atoms with van der Waals surface area (Å²) in [6.45, 7) is 6.77. The van der Waals surface area contributed by atoms with E-state index in [0.717, 1.165) is 85.7 Å². The van der Waals surface area contributed by atoms with Crippen molar-refractivity contribution in [2.45, 2.75) is 26.1 Å². The van der Waals surface area contributed by atoms with Crippen LogP contribution in [-0.4, -0.2) is 52.3 Å². The van der Waals surface area contributed by atoms with E-state index < -0.39 is 0 Å². The van der Waals surface area contributed by atoms with Gasteiger partial charge < -0.3 is 14.0 Å². The average molecular weight is 539 g/mol. The Kier molecular flexibility index (Phi) is 6.60. The van der Waals surface area contributed by atoms with E-state index in [9.17, 15) is 0 Å². The predicted octanol–water partition coefficient (Wildman–Crippen LogP) is 6.33. The summed E-state index contributed by atoms with van der Waals surface area (Å²) in [6, 6.07) is 27.7. The zero-order chi connectivity index (χ0) is 26.2. The Hall–Kier alpha value is -3.58. The quantitative estimate of drug-likeness (QED) is 0.253. The Labute approximate surface area is 233 Å². The van der Waals surface area contributed by atoms with Gasteiger partial charge in [-0.05, 0) is 65.7 Å². The second-order valence-electron chi connectivity index (χ2n) is 10.5. The molecule has 1 fully saturated rings. The maximum atomic E-state index is 6.57. The molecule has 1 aromatic heterocycles. The summed E-state index contributed by atoms with van der Waals surface area (Å²) in [7, 11) is 0. The number of ether oxygens (including phenoxy) is 2. The van der Waals surface area contributed by atoms with Gasteiger partial charge >= 0.3 is 0 Å². The molecule has 2 aliphatic heterocycles. The molecule has 4 aromatic carbocycles. The van der Waals surface area contributed by atoms with Crippen LogP contribution in [0.2, 0.25) is 5.02 Å². The van der Waals surface area contributed by atoms with Crippen molar-refractivity contribution in [3.05, 3.63) is 101 Å². The Bertz CT molecular complexity index is 1650. The van der Waals surface area contributed by atoms with Crippen LogP contribution in [0.5, 0.6) is 11.5 Å². The van der Waals surface area contributed by atoms with Crippen molar-refractivity contribution in [2.24, 2.45) is 0 Å². The molecule has 1 saturated heterocycles. The molecule has 0 amide bonds. The van der Waals surface area contributed by atoms with E-state index in [1.54, 1.807) is 0 Å². The van der Waals surface area contributed by atoms with Crippen molar-refractivity contribution < 1.29 is 9.47 Å². The molecule has 7 rings (SSSR count). The van der Waals surface area contributed by atoms with Crippen LogP contribution in [0.1, 0.15) is 23.4 Å². The molecular formula is C32H31ClN4O2. The number of rotatable bonds is 6. The smallest absolute Gasteiger partial charge is 0.231 e.